The largest absolute Gasteiger partial charge is 0.298 e. The summed E-state index contributed by atoms with van der Waals surface area (Å²) in [5.74, 6) is 0.608. The van der Waals surface area contributed by atoms with Gasteiger partial charge in [0.2, 0.25) is 0 Å². The summed E-state index contributed by atoms with van der Waals surface area (Å²) in [5.41, 5.74) is 0. The van der Waals surface area contributed by atoms with Gasteiger partial charge in [0.15, 0.2) is 0 Å². The number of carbonyl (C=O) groups is 2. The van der Waals surface area contributed by atoms with Crippen molar-refractivity contribution < 1.29 is 9.59 Å². The third-order valence-corrected chi connectivity index (χ3v) is 3.05. The molecule has 0 aliphatic carbocycles. The highest BCUT2D eigenvalue weighted by Gasteiger charge is 2.19. The Hall–Kier alpha value is -0.740. The van der Waals surface area contributed by atoms with Crippen LogP contribution in [-0.2, 0) is 9.59 Å². The molecule has 0 aromatic carbocycles. The predicted octanol–water partition coefficient (Wildman–Crippen LogP) is 0.562. The highest BCUT2D eigenvalue weighted by molar-refractivity contribution is 5.80. The molecule has 1 saturated heterocycles. The third-order valence-electron chi connectivity index (χ3n) is 3.05. The van der Waals surface area contributed by atoms with Crippen LogP contribution < -0.4 is 0 Å². The van der Waals surface area contributed by atoms with Crippen LogP contribution in [0.25, 0.3) is 0 Å². The number of nitrogens with zero attached hydrogens (tertiary/aromatic N) is 2. The molecule has 0 bridgehead atoms. The lowest BCUT2D eigenvalue weighted by Crippen LogP contribution is -2.49. The first-order valence-electron chi connectivity index (χ1n) is 6.13. The minimum absolute atomic E-state index is 0.304. The number of piperazine rings is 1. The van der Waals surface area contributed by atoms with Crippen LogP contribution in [0.1, 0.15) is 26.7 Å². The monoisotopic (exact) mass is 226 g/mol. The van der Waals surface area contributed by atoms with Crippen LogP contribution in [0.15, 0.2) is 0 Å². The maximum absolute atomic E-state index is 11.3. The van der Waals surface area contributed by atoms with E-state index in [1.54, 1.807) is 0 Å². The highest BCUT2D eigenvalue weighted by atomic mass is 16.1. The number of ketones is 2. The van der Waals surface area contributed by atoms with Crippen LogP contribution in [0.3, 0.4) is 0 Å². The van der Waals surface area contributed by atoms with Crippen LogP contribution in [0.2, 0.25) is 0 Å². The Balaban J connectivity index is 2.23. The SMILES string of the molecule is CCC(=O)CN1CCN(CC(=O)CC)CC1. The van der Waals surface area contributed by atoms with E-state index in [0.717, 1.165) is 26.2 Å². The first-order chi connectivity index (χ1) is 7.65. The molecule has 4 heteroatoms. The lowest BCUT2D eigenvalue weighted by Gasteiger charge is -2.33. The Morgan fingerprint density at radius 3 is 1.38 bits per heavy atom. The van der Waals surface area contributed by atoms with Gasteiger partial charge in [-0.15, -0.1) is 0 Å². The standard InChI is InChI=1S/C12H22N2O2/c1-3-11(15)9-13-5-7-14(8-6-13)10-12(16)4-2/h3-10H2,1-2H3. The second-order valence-corrected chi connectivity index (χ2v) is 4.34. The molecule has 0 saturated carbocycles. The van der Waals surface area contributed by atoms with Crippen molar-refractivity contribution in [3.63, 3.8) is 0 Å². The van der Waals surface area contributed by atoms with Crippen molar-refractivity contribution in [1.29, 1.82) is 0 Å². The molecule has 1 fully saturated rings. The molecule has 1 rings (SSSR count). The summed E-state index contributed by atoms with van der Waals surface area (Å²) in [6.45, 7) is 8.58. The lowest BCUT2D eigenvalue weighted by atomic mass is 10.2. The van der Waals surface area contributed by atoms with Crippen LogP contribution in [0, 0.1) is 0 Å². The van der Waals surface area contributed by atoms with E-state index in [0.29, 0.717) is 37.5 Å². The molecular weight excluding hydrogens is 204 g/mol. The van der Waals surface area contributed by atoms with E-state index in [9.17, 15) is 9.59 Å². The van der Waals surface area contributed by atoms with E-state index < -0.39 is 0 Å². The quantitative estimate of drug-likeness (QED) is 0.663. The van der Waals surface area contributed by atoms with Crippen molar-refractivity contribution in [3.05, 3.63) is 0 Å². The van der Waals surface area contributed by atoms with Gasteiger partial charge in [0.05, 0.1) is 13.1 Å². The predicted molar refractivity (Wildman–Crippen MR) is 63.5 cm³/mol. The van der Waals surface area contributed by atoms with E-state index in [1.165, 1.54) is 0 Å². The zero-order chi connectivity index (χ0) is 12.0. The molecule has 16 heavy (non-hydrogen) atoms. The fourth-order valence-electron chi connectivity index (χ4n) is 1.83. The smallest absolute Gasteiger partial charge is 0.146 e. The third kappa shape index (κ3) is 4.41. The summed E-state index contributed by atoms with van der Waals surface area (Å²) in [6, 6.07) is 0. The zero-order valence-corrected chi connectivity index (χ0v) is 10.4. The van der Waals surface area contributed by atoms with Crippen molar-refractivity contribution in [2.45, 2.75) is 26.7 Å². The average Bonchev–Trinajstić information content (AvgIpc) is 2.31. The Labute approximate surface area is 97.6 Å². The highest BCUT2D eigenvalue weighted by Crippen LogP contribution is 2.02. The van der Waals surface area contributed by atoms with Gasteiger partial charge in [-0.25, -0.2) is 0 Å². The maximum Gasteiger partial charge on any atom is 0.146 e. The second kappa shape index (κ2) is 6.76. The van der Waals surface area contributed by atoms with Crippen molar-refractivity contribution in [2.75, 3.05) is 39.3 Å². The summed E-state index contributed by atoms with van der Waals surface area (Å²) < 4.78 is 0. The normalized spacial score (nSPS) is 18.6. The van der Waals surface area contributed by atoms with Crippen LogP contribution >= 0.6 is 0 Å². The molecule has 1 aliphatic heterocycles. The van der Waals surface area contributed by atoms with E-state index in [4.69, 9.17) is 0 Å². The Morgan fingerprint density at radius 2 is 1.12 bits per heavy atom. The number of Topliss-reactive ketones (excluding diaryl/α,β-unsaturated/α-hetero) is 2. The average molecular weight is 226 g/mol. The van der Waals surface area contributed by atoms with Crippen molar-refractivity contribution in [2.24, 2.45) is 0 Å². The lowest BCUT2D eigenvalue weighted by molar-refractivity contribution is -0.122. The molecule has 0 spiro atoms. The zero-order valence-electron chi connectivity index (χ0n) is 10.4. The van der Waals surface area contributed by atoms with Gasteiger partial charge in [0.25, 0.3) is 0 Å². The van der Waals surface area contributed by atoms with Gasteiger partial charge in [-0.2, -0.15) is 0 Å². The maximum atomic E-state index is 11.3. The van der Waals surface area contributed by atoms with Gasteiger partial charge in [0.1, 0.15) is 11.6 Å². The molecule has 92 valence electrons. The first-order valence-corrected chi connectivity index (χ1v) is 6.13. The number of hydrogen-bond acceptors (Lipinski definition) is 4. The van der Waals surface area contributed by atoms with E-state index in [-0.39, 0.29) is 0 Å². The molecule has 4 nitrogen and oxygen atoms in total. The molecule has 0 aromatic heterocycles. The Bertz CT molecular complexity index is 219. The van der Waals surface area contributed by atoms with Crippen LogP contribution in [-0.4, -0.2) is 60.6 Å². The minimum Gasteiger partial charge on any atom is -0.298 e. The molecular formula is C12H22N2O2. The molecule has 0 unspecified atom stereocenters. The molecule has 0 aromatic rings. The minimum atomic E-state index is 0.304. The van der Waals surface area contributed by atoms with Gasteiger partial charge in [-0.1, -0.05) is 13.8 Å². The fourth-order valence-corrected chi connectivity index (χ4v) is 1.83. The van der Waals surface area contributed by atoms with E-state index in [1.807, 2.05) is 13.8 Å². The molecule has 1 heterocycles. The first kappa shape index (κ1) is 13.3. The fraction of sp³-hybridized carbons (Fsp3) is 0.833. The van der Waals surface area contributed by atoms with Gasteiger partial charge in [-0.05, 0) is 0 Å². The molecule has 0 N–H and O–H groups in total. The number of hydrogen-bond donors (Lipinski definition) is 0. The molecule has 0 atom stereocenters. The molecule has 0 radical (unpaired) electrons. The Morgan fingerprint density at radius 1 is 0.812 bits per heavy atom. The van der Waals surface area contributed by atoms with E-state index in [2.05, 4.69) is 9.80 Å². The summed E-state index contributed by atoms with van der Waals surface area (Å²) in [7, 11) is 0. The van der Waals surface area contributed by atoms with Crippen molar-refractivity contribution in [3.8, 4) is 0 Å². The number of rotatable bonds is 6. The second-order valence-electron chi connectivity index (χ2n) is 4.34. The van der Waals surface area contributed by atoms with E-state index >= 15 is 0 Å². The van der Waals surface area contributed by atoms with Crippen molar-refractivity contribution in [1.82, 2.24) is 9.80 Å². The topological polar surface area (TPSA) is 40.6 Å². The summed E-state index contributed by atoms with van der Waals surface area (Å²) in [4.78, 5) is 26.9. The molecule has 1 aliphatic rings. The summed E-state index contributed by atoms with van der Waals surface area (Å²) in [6.07, 6.45) is 1.24. The summed E-state index contributed by atoms with van der Waals surface area (Å²) >= 11 is 0. The van der Waals surface area contributed by atoms with Gasteiger partial charge in [0, 0.05) is 39.0 Å². The van der Waals surface area contributed by atoms with Crippen LogP contribution in [0.4, 0.5) is 0 Å². The Kier molecular flexibility index (Phi) is 5.63. The van der Waals surface area contributed by atoms with Crippen LogP contribution in [0.5, 0.6) is 0 Å². The summed E-state index contributed by atoms with van der Waals surface area (Å²) in [5, 5.41) is 0. The molecule has 0 amide bonds. The van der Waals surface area contributed by atoms with Crippen molar-refractivity contribution >= 4 is 11.6 Å². The van der Waals surface area contributed by atoms with Gasteiger partial charge in [-0.3, -0.25) is 19.4 Å². The number of carbonyl (C=O) groups excluding carboxylic acids is 2. The van der Waals surface area contributed by atoms with Gasteiger partial charge >= 0.3 is 0 Å². The van der Waals surface area contributed by atoms with Gasteiger partial charge < -0.3 is 0 Å².